The summed E-state index contributed by atoms with van der Waals surface area (Å²) >= 11 is 3.56. The molecule has 1 atom stereocenters. The van der Waals surface area contributed by atoms with Crippen molar-refractivity contribution in [2.24, 2.45) is 0 Å². The number of hydrogen-bond donors (Lipinski definition) is 1. The predicted molar refractivity (Wildman–Crippen MR) is 71.4 cm³/mol. The highest BCUT2D eigenvalue weighted by Gasteiger charge is 2.12. The van der Waals surface area contributed by atoms with Gasteiger partial charge in [0.1, 0.15) is 0 Å². The summed E-state index contributed by atoms with van der Waals surface area (Å²) in [5.74, 6) is 0. The number of aryl methyl sites for hydroxylation is 1. The second-order valence-electron chi connectivity index (χ2n) is 4.03. The van der Waals surface area contributed by atoms with Crippen LogP contribution in [0.2, 0.25) is 0 Å². The molecule has 0 fully saturated rings. The summed E-state index contributed by atoms with van der Waals surface area (Å²) in [5.41, 5.74) is 9.02. The molecule has 84 valence electrons. The zero-order valence-electron chi connectivity index (χ0n) is 9.84. The Balaban J connectivity index is 3.09. The van der Waals surface area contributed by atoms with Gasteiger partial charge >= 0.3 is 0 Å². The third kappa shape index (κ3) is 2.65. The van der Waals surface area contributed by atoms with E-state index in [-0.39, 0.29) is 0 Å². The van der Waals surface area contributed by atoms with Gasteiger partial charge in [-0.05, 0) is 53.9 Å². The number of nitrogens with zero attached hydrogens (tertiary/aromatic N) is 1. The van der Waals surface area contributed by atoms with Crippen LogP contribution in [0.1, 0.15) is 25.8 Å². The van der Waals surface area contributed by atoms with Crippen molar-refractivity contribution >= 4 is 27.3 Å². The summed E-state index contributed by atoms with van der Waals surface area (Å²) < 4.78 is 1.06. The Hall–Kier alpha value is -0.700. The Labute approximate surface area is 101 Å². The van der Waals surface area contributed by atoms with E-state index in [1.807, 2.05) is 13.0 Å². The third-order valence-electron chi connectivity index (χ3n) is 2.97. The van der Waals surface area contributed by atoms with Crippen LogP contribution in [0.5, 0.6) is 0 Å². The first kappa shape index (κ1) is 12.4. The van der Waals surface area contributed by atoms with Crippen LogP contribution in [-0.2, 0) is 0 Å². The molecular weight excluding hydrogens is 252 g/mol. The number of anilines is 2. The fourth-order valence-electron chi connectivity index (χ4n) is 1.46. The molecule has 0 radical (unpaired) electrons. The number of nitrogens with two attached hydrogens (primary N) is 1. The first-order valence-electron chi connectivity index (χ1n) is 5.25. The van der Waals surface area contributed by atoms with E-state index in [0.717, 1.165) is 22.1 Å². The molecule has 1 aromatic carbocycles. The molecule has 3 heteroatoms. The number of halogens is 1. The number of benzene rings is 1. The molecule has 0 aliphatic carbocycles. The van der Waals surface area contributed by atoms with E-state index < -0.39 is 0 Å². The van der Waals surface area contributed by atoms with Crippen LogP contribution in [0.15, 0.2) is 16.6 Å². The largest absolute Gasteiger partial charge is 0.398 e. The summed E-state index contributed by atoms with van der Waals surface area (Å²) in [5, 5.41) is 0. The van der Waals surface area contributed by atoms with Crippen LogP contribution in [0, 0.1) is 6.92 Å². The molecule has 2 N–H and O–H groups in total. The van der Waals surface area contributed by atoms with Gasteiger partial charge in [-0.1, -0.05) is 6.92 Å². The van der Waals surface area contributed by atoms with E-state index in [2.05, 4.69) is 47.8 Å². The average Bonchev–Trinajstić information content (AvgIpc) is 2.21. The number of hydrogen-bond acceptors (Lipinski definition) is 2. The summed E-state index contributed by atoms with van der Waals surface area (Å²) in [7, 11) is 2.11. The molecule has 1 aromatic rings. The summed E-state index contributed by atoms with van der Waals surface area (Å²) in [6.07, 6.45) is 1.13. The van der Waals surface area contributed by atoms with E-state index in [1.54, 1.807) is 0 Å². The lowest BCUT2D eigenvalue weighted by Gasteiger charge is -2.27. The minimum absolute atomic E-state index is 0.532. The van der Waals surface area contributed by atoms with Gasteiger partial charge < -0.3 is 10.6 Å². The Morgan fingerprint density at radius 1 is 1.47 bits per heavy atom. The zero-order chi connectivity index (χ0) is 11.6. The Morgan fingerprint density at radius 3 is 2.60 bits per heavy atom. The van der Waals surface area contributed by atoms with E-state index >= 15 is 0 Å². The predicted octanol–water partition coefficient (Wildman–Crippen LogP) is 3.57. The monoisotopic (exact) mass is 270 g/mol. The van der Waals surface area contributed by atoms with Gasteiger partial charge in [0.05, 0.1) is 5.69 Å². The number of rotatable bonds is 3. The van der Waals surface area contributed by atoms with Crippen LogP contribution in [0.4, 0.5) is 11.4 Å². The van der Waals surface area contributed by atoms with Crippen LogP contribution in [0.25, 0.3) is 0 Å². The molecule has 0 aliphatic heterocycles. The highest BCUT2D eigenvalue weighted by molar-refractivity contribution is 9.10. The van der Waals surface area contributed by atoms with Gasteiger partial charge in [0, 0.05) is 23.2 Å². The summed E-state index contributed by atoms with van der Waals surface area (Å²) in [4.78, 5) is 2.27. The molecule has 2 nitrogen and oxygen atoms in total. The Morgan fingerprint density at radius 2 is 2.07 bits per heavy atom. The van der Waals surface area contributed by atoms with Gasteiger partial charge in [-0.15, -0.1) is 0 Å². The minimum Gasteiger partial charge on any atom is -0.398 e. The molecule has 1 rings (SSSR count). The second kappa shape index (κ2) is 4.88. The molecular formula is C12H19BrN2. The first-order chi connectivity index (χ1) is 6.97. The lowest BCUT2D eigenvalue weighted by molar-refractivity contribution is 0.663. The third-order valence-corrected chi connectivity index (χ3v) is 3.60. The van der Waals surface area contributed by atoms with E-state index in [0.29, 0.717) is 6.04 Å². The molecule has 0 aromatic heterocycles. The van der Waals surface area contributed by atoms with E-state index in [9.17, 15) is 0 Å². The molecule has 15 heavy (non-hydrogen) atoms. The average molecular weight is 271 g/mol. The van der Waals surface area contributed by atoms with Crippen molar-refractivity contribution in [1.82, 2.24) is 0 Å². The van der Waals surface area contributed by atoms with Crippen molar-refractivity contribution < 1.29 is 0 Å². The topological polar surface area (TPSA) is 29.3 Å². The van der Waals surface area contributed by atoms with Crippen LogP contribution in [0.3, 0.4) is 0 Å². The van der Waals surface area contributed by atoms with E-state index in [4.69, 9.17) is 5.73 Å². The molecule has 0 aliphatic rings. The zero-order valence-corrected chi connectivity index (χ0v) is 11.4. The SMILES string of the molecule is CCC(C)N(C)c1cc(C)c(N)cc1Br. The van der Waals surface area contributed by atoms with Crippen molar-refractivity contribution in [3.8, 4) is 0 Å². The van der Waals surface area contributed by atoms with Crippen LogP contribution in [-0.4, -0.2) is 13.1 Å². The smallest absolute Gasteiger partial charge is 0.0514 e. The van der Waals surface area contributed by atoms with Crippen molar-refractivity contribution in [3.63, 3.8) is 0 Å². The minimum atomic E-state index is 0.532. The van der Waals surface area contributed by atoms with Gasteiger partial charge in [0.15, 0.2) is 0 Å². The molecule has 0 amide bonds. The molecule has 0 saturated carbocycles. The van der Waals surface area contributed by atoms with Crippen molar-refractivity contribution in [1.29, 1.82) is 0 Å². The van der Waals surface area contributed by atoms with Crippen molar-refractivity contribution in [2.75, 3.05) is 17.7 Å². The van der Waals surface area contributed by atoms with Crippen molar-refractivity contribution in [3.05, 3.63) is 22.2 Å². The fourth-order valence-corrected chi connectivity index (χ4v) is 2.10. The normalized spacial score (nSPS) is 12.6. The number of nitrogen functional groups attached to an aromatic ring is 1. The maximum Gasteiger partial charge on any atom is 0.0514 e. The molecule has 0 heterocycles. The maximum atomic E-state index is 5.85. The van der Waals surface area contributed by atoms with Gasteiger partial charge in [-0.25, -0.2) is 0 Å². The van der Waals surface area contributed by atoms with Crippen LogP contribution < -0.4 is 10.6 Å². The van der Waals surface area contributed by atoms with Gasteiger partial charge in [-0.3, -0.25) is 0 Å². The Bertz CT molecular complexity index is 350. The highest BCUT2D eigenvalue weighted by atomic mass is 79.9. The standard InChI is InChI=1S/C12H19BrN2/c1-5-9(3)15(4)12-6-8(2)11(14)7-10(12)13/h6-7,9H,5,14H2,1-4H3. The molecule has 1 unspecified atom stereocenters. The van der Waals surface area contributed by atoms with Gasteiger partial charge in [0.25, 0.3) is 0 Å². The quantitative estimate of drug-likeness (QED) is 0.851. The van der Waals surface area contributed by atoms with Gasteiger partial charge in [0.2, 0.25) is 0 Å². The molecule has 0 spiro atoms. The lowest BCUT2D eigenvalue weighted by atomic mass is 10.1. The van der Waals surface area contributed by atoms with Crippen molar-refractivity contribution in [2.45, 2.75) is 33.2 Å². The van der Waals surface area contributed by atoms with Crippen LogP contribution >= 0.6 is 15.9 Å². The summed E-state index contributed by atoms with van der Waals surface area (Å²) in [6, 6.07) is 4.64. The fraction of sp³-hybridized carbons (Fsp3) is 0.500. The van der Waals surface area contributed by atoms with E-state index in [1.165, 1.54) is 5.69 Å². The Kier molecular flexibility index (Phi) is 4.03. The summed E-state index contributed by atoms with van der Waals surface area (Å²) in [6.45, 7) is 6.45. The maximum absolute atomic E-state index is 5.85. The highest BCUT2D eigenvalue weighted by Crippen LogP contribution is 2.31. The first-order valence-corrected chi connectivity index (χ1v) is 6.05. The molecule has 0 bridgehead atoms. The molecule has 0 saturated heterocycles. The van der Waals surface area contributed by atoms with Gasteiger partial charge in [-0.2, -0.15) is 0 Å². The second-order valence-corrected chi connectivity index (χ2v) is 4.88. The lowest BCUT2D eigenvalue weighted by Crippen LogP contribution is -2.28.